The molecule has 0 saturated heterocycles. The minimum absolute atomic E-state index is 0.0935. The highest BCUT2D eigenvalue weighted by atomic mass is 16.5. The number of aromatic nitrogens is 1. The molecule has 0 atom stereocenters. The van der Waals surface area contributed by atoms with Crippen LogP contribution in [-0.4, -0.2) is 56.3 Å². The van der Waals surface area contributed by atoms with Crippen molar-refractivity contribution in [2.24, 2.45) is 7.05 Å². The highest BCUT2D eigenvalue weighted by molar-refractivity contribution is 5.90. The van der Waals surface area contributed by atoms with Crippen molar-refractivity contribution >= 4 is 22.9 Å². The Balaban J connectivity index is 1.85. The van der Waals surface area contributed by atoms with Gasteiger partial charge in [-0.1, -0.05) is 12.1 Å². The lowest BCUT2D eigenvalue weighted by Gasteiger charge is -2.12. The number of nitrogens with zero attached hydrogens (tertiary/aromatic N) is 2. The Bertz CT molecular complexity index is 1100. The monoisotopic (exact) mass is 423 g/mol. The zero-order valence-electron chi connectivity index (χ0n) is 18.7. The fourth-order valence-electron chi connectivity index (χ4n) is 3.63. The molecule has 31 heavy (non-hydrogen) atoms. The second-order valence-electron chi connectivity index (χ2n) is 7.69. The minimum atomic E-state index is -0.388. The third-order valence-corrected chi connectivity index (χ3v) is 5.32. The van der Waals surface area contributed by atoms with Gasteiger partial charge < -0.3 is 24.3 Å². The molecular formula is C24H29N3O4. The quantitative estimate of drug-likeness (QED) is 0.592. The van der Waals surface area contributed by atoms with Gasteiger partial charge >= 0.3 is 12.0 Å². The molecule has 1 aromatic heterocycles. The van der Waals surface area contributed by atoms with Crippen LogP contribution in [0.5, 0.6) is 5.75 Å². The molecule has 3 rings (SSSR count). The number of amides is 2. The Morgan fingerprint density at radius 1 is 1.06 bits per heavy atom. The van der Waals surface area contributed by atoms with Crippen LogP contribution in [0.25, 0.3) is 10.9 Å². The number of hydrogen-bond donors (Lipinski definition) is 1. The number of methoxy groups -OCH3 is 2. The maximum atomic E-state index is 11.8. The molecule has 164 valence electrons. The second-order valence-corrected chi connectivity index (χ2v) is 7.69. The van der Waals surface area contributed by atoms with E-state index in [4.69, 9.17) is 9.47 Å². The van der Waals surface area contributed by atoms with Crippen LogP contribution >= 0.6 is 0 Å². The van der Waals surface area contributed by atoms with Gasteiger partial charge in [-0.3, -0.25) is 0 Å². The van der Waals surface area contributed by atoms with E-state index in [0.29, 0.717) is 24.3 Å². The fraction of sp³-hybridized carbons (Fsp3) is 0.333. The molecule has 0 fully saturated rings. The molecule has 0 bridgehead atoms. The number of aryl methyl sites for hydroxylation is 1. The van der Waals surface area contributed by atoms with Crippen molar-refractivity contribution in [1.82, 2.24) is 14.8 Å². The van der Waals surface area contributed by atoms with Crippen LogP contribution < -0.4 is 10.1 Å². The van der Waals surface area contributed by atoms with Gasteiger partial charge in [-0.05, 0) is 47.4 Å². The molecule has 7 heteroatoms. The lowest BCUT2D eigenvalue weighted by molar-refractivity contribution is 0.0600. The summed E-state index contributed by atoms with van der Waals surface area (Å²) in [5.41, 5.74) is 4.92. The largest absolute Gasteiger partial charge is 0.496 e. The van der Waals surface area contributed by atoms with Gasteiger partial charge in [0.2, 0.25) is 0 Å². The second kappa shape index (κ2) is 9.55. The van der Waals surface area contributed by atoms with E-state index < -0.39 is 0 Å². The molecule has 2 aromatic carbocycles. The first-order valence-electron chi connectivity index (χ1n) is 10.1. The summed E-state index contributed by atoms with van der Waals surface area (Å²) in [6.45, 7) is 0.577. The van der Waals surface area contributed by atoms with Gasteiger partial charge in [-0.15, -0.1) is 0 Å². The van der Waals surface area contributed by atoms with Gasteiger partial charge in [0.15, 0.2) is 0 Å². The van der Waals surface area contributed by atoms with Crippen molar-refractivity contribution < 1.29 is 19.1 Å². The van der Waals surface area contributed by atoms with E-state index in [9.17, 15) is 9.59 Å². The van der Waals surface area contributed by atoms with Crippen molar-refractivity contribution in [2.45, 2.75) is 12.8 Å². The fourth-order valence-corrected chi connectivity index (χ4v) is 3.63. The first-order chi connectivity index (χ1) is 14.8. The summed E-state index contributed by atoms with van der Waals surface area (Å²) in [5.74, 6) is 0.267. The maximum absolute atomic E-state index is 11.8. The van der Waals surface area contributed by atoms with E-state index >= 15 is 0 Å². The highest BCUT2D eigenvalue weighted by Gasteiger charge is 2.14. The molecule has 0 aliphatic rings. The zero-order valence-corrected chi connectivity index (χ0v) is 18.7. The van der Waals surface area contributed by atoms with Gasteiger partial charge in [0.25, 0.3) is 0 Å². The van der Waals surface area contributed by atoms with Crippen LogP contribution in [0.4, 0.5) is 4.79 Å². The van der Waals surface area contributed by atoms with E-state index in [1.165, 1.54) is 17.6 Å². The van der Waals surface area contributed by atoms with Crippen molar-refractivity contribution in [2.75, 3.05) is 34.9 Å². The van der Waals surface area contributed by atoms with Crippen LogP contribution in [0.3, 0.4) is 0 Å². The summed E-state index contributed by atoms with van der Waals surface area (Å²) in [7, 11) is 8.44. The molecule has 0 spiro atoms. The zero-order chi connectivity index (χ0) is 22.5. The smallest absolute Gasteiger partial charge is 0.337 e. The summed E-state index contributed by atoms with van der Waals surface area (Å²) in [6, 6.07) is 11.7. The summed E-state index contributed by atoms with van der Waals surface area (Å²) < 4.78 is 12.4. The van der Waals surface area contributed by atoms with Gasteiger partial charge in [0.05, 0.1) is 19.8 Å². The van der Waals surface area contributed by atoms with Crippen molar-refractivity contribution in [3.8, 4) is 5.75 Å². The molecule has 3 aromatic rings. The lowest BCUT2D eigenvalue weighted by Crippen LogP contribution is -2.35. The minimum Gasteiger partial charge on any atom is -0.496 e. The number of hydrogen-bond acceptors (Lipinski definition) is 4. The Kier molecular flexibility index (Phi) is 6.84. The highest BCUT2D eigenvalue weighted by Crippen LogP contribution is 2.29. The molecule has 0 aliphatic heterocycles. The number of ether oxygens (including phenoxy) is 2. The molecule has 0 aliphatic carbocycles. The first-order valence-corrected chi connectivity index (χ1v) is 10.1. The van der Waals surface area contributed by atoms with Crippen molar-refractivity contribution in [3.05, 3.63) is 64.8 Å². The maximum Gasteiger partial charge on any atom is 0.337 e. The molecular weight excluding hydrogens is 394 g/mol. The van der Waals surface area contributed by atoms with E-state index in [0.717, 1.165) is 28.5 Å². The third kappa shape index (κ3) is 4.99. The number of benzene rings is 2. The molecule has 0 saturated carbocycles. The van der Waals surface area contributed by atoms with E-state index in [2.05, 4.69) is 34.3 Å². The molecule has 2 amide bonds. The number of rotatable bonds is 7. The predicted octanol–water partition coefficient (Wildman–Crippen LogP) is 3.38. The number of carbonyl (C=O) groups excluding carboxylic acids is 2. The number of urea groups is 1. The summed E-state index contributed by atoms with van der Waals surface area (Å²) in [4.78, 5) is 25.1. The molecule has 1 heterocycles. The van der Waals surface area contributed by atoms with E-state index in [-0.39, 0.29) is 12.0 Å². The molecule has 0 unspecified atom stereocenters. The number of esters is 1. The lowest BCUT2D eigenvalue weighted by atomic mass is 10.00. The van der Waals surface area contributed by atoms with Gasteiger partial charge in [-0.2, -0.15) is 0 Å². The number of fused-ring (bicyclic) bond motifs is 1. The Morgan fingerprint density at radius 3 is 2.52 bits per heavy atom. The van der Waals surface area contributed by atoms with Gasteiger partial charge in [0, 0.05) is 51.2 Å². The third-order valence-electron chi connectivity index (χ3n) is 5.32. The number of nitrogens with one attached hydrogen (secondary N) is 1. The molecule has 1 N–H and O–H groups in total. The molecule has 7 nitrogen and oxygen atoms in total. The normalized spacial score (nSPS) is 10.7. The van der Waals surface area contributed by atoms with Crippen molar-refractivity contribution in [3.63, 3.8) is 0 Å². The Hall–Kier alpha value is -3.48. The standard InChI is InChI=1S/C24H29N3O4/c1-26(2)24(29)25-11-10-16-6-9-21-20(12-16)19(15-27(21)3)13-17-7-8-18(23(28)31-5)14-22(17)30-4/h6-9,12,14-15H,10-11,13H2,1-5H3,(H,25,29). The van der Waals surface area contributed by atoms with E-state index in [1.807, 2.05) is 13.1 Å². The first kappa shape index (κ1) is 22.2. The van der Waals surface area contributed by atoms with Crippen LogP contribution in [0.2, 0.25) is 0 Å². The summed E-state index contributed by atoms with van der Waals surface area (Å²) in [6.07, 6.45) is 3.54. The number of carbonyl (C=O) groups is 2. The van der Waals surface area contributed by atoms with Crippen LogP contribution in [0.1, 0.15) is 27.0 Å². The van der Waals surface area contributed by atoms with Gasteiger partial charge in [-0.25, -0.2) is 9.59 Å². The average molecular weight is 424 g/mol. The van der Waals surface area contributed by atoms with E-state index in [1.54, 1.807) is 33.3 Å². The van der Waals surface area contributed by atoms with Crippen LogP contribution in [-0.2, 0) is 24.6 Å². The summed E-state index contributed by atoms with van der Waals surface area (Å²) >= 11 is 0. The van der Waals surface area contributed by atoms with Gasteiger partial charge in [0.1, 0.15) is 5.75 Å². The Morgan fingerprint density at radius 2 is 1.84 bits per heavy atom. The topological polar surface area (TPSA) is 72.8 Å². The van der Waals surface area contributed by atoms with Crippen LogP contribution in [0, 0.1) is 0 Å². The molecule has 0 radical (unpaired) electrons. The predicted molar refractivity (Wildman–Crippen MR) is 121 cm³/mol. The average Bonchev–Trinajstić information content (AvgIpc) is 3.07. The van der Waals surface area contributed by atoms with Crippen LogP contribution in [0.15, 0.2) is 42.6 Å². The Labute approximate surface area is 182 Å². The van der Waals surface area contributed by atoms with Crippen molar-refractivity contribution in [1.29, 1.82) is 0 Å². The summed E-state index contributed by atoms with van der Waals surface area (Å²) in [5, 5.41) is 4.06. The SMILES string of the molecule is COC(=O)c1ccc(Cc2cn(C)c3ccc(CCNC(=O)N(C)C)cc23)c(OC)c1.